The van der Waals surface area contributed by atoms with Crippen molar-refractivity contribution < 1.29 is 13.2 Å². The van der Waals surface area contributed by atoms with E-state index in [0.29, 0.717) is 11.1 Å². The van der Waals surface area contributed by atoms with Crippen molar-refractivity contribution in [1.82, 2.24) is 0 Å². The number of halogens is 4. The molecule has 0 nitrogen and oxygen atoms in total. The van der Waals surface area contributed by atoms with Crippen molar-refractivity contribution in [3.05, 3.63) is 41.0 Å². The summed E-state index contributed by atoms with van der Waals surface area (Å²) in [6, 6.07) is 3.91. The van der Waals surface area contributed by atoms with Gasteiger partial charge in [-0.3, -0.25) is 0 Å². The Labute approximate surface area is 91.4 Å². The van der Waals surface area contributed by atoms with Crippen LogP contribution in [0.3, 0.4) is 0 Å². The van der Waals surface area contributed by atoms with Gasteiger partial charge >= 0.3 is 6.18 Å². The zero-order chi connectivity index (χ0) is 11.5. The van der Waals surface area contributed by atoms with Gasteiger partial charge in [-0.2, -0.15) is 13.2 Å². The molecule has 0 unspecified atom stereocenters. The van der Waals surface area contributed by atoms with Crippen LogP contribution in [0.25, 0.3) is 6.08 Å². The second-order valence-electron chi connectivity index (χ2n) is 3.19. The fourth-order valence-electron chi connectivity index (χ4n) is 1.25. The van der Waals surface area contributed by atoms with Crippen LogP contribution in [0.5, 0.6) is 0 Å². The lowest BCUT2D eigenvalue weighted by Gasteiger charge is -2.08. The minimum Gasteiger partial charge on any atom is -0.166 e. The first kappa shape index (κ1) is 12.1. The fourth-order valence-corrected chi connectivity index (χ4v) is 1.34. The summed E-state index contributed by atoms with van der Waals surface area (Å²) in [4.78, 5) is 0. The van der Waals surface area contributed by atoms with E-state index in [0.717, 1.165) is 12.1 Å². The summed E-state index contributed by atoms with van der Waals surface area (Å²) in [5.74, 6) is 0.287. The largest absolute Gasteiger partial charge is 0.416 e. The number of benzene rings is 1. The van der Waals surface area contributed by atoms with Gasteiger partial charge < -0.3 is 0 Å². The van der Waals surface area contributed by atoms with Gasteiger partial charge in [-0.05, 0) is 30.2 Å². The summed E-state index contributed by atoms with van der Waals surface area (Å²) < 4.78 is 37.3. The van der Waals surface area contributed by atoms with E-state index >= 15 is 0 Å². The van der Waals surface area contributed by atoms with E-state index in [1.54, 1.807) is 25.1 Å². The molecule has 0 atom stereocenters. The van der Waals surface area contributed by atoms with E-state index in [-0.39, 0.29) is 5.88 Å². The standard InChI is InChI=1S/C11H10ClF3/c1-8-5-9(3-2-4-12)7-10(6-8)11(13,14)15/h2-3,5-7H,4H2,1H3. The van der Waals surface area contributed by atoms with E-state index in [4.69, 9.17) is 11.6 Å². The Morgan fingerprint density at radius 3 is 2.47 bits per heavy atom. The van der Waals surface area contributed by atoms with Crippen molar-refractivity contribution in [3.63, 3.8) is 0 Å². The average molecular weight is 235 g/mol. The van der Waals surface area contributed by atoms with Gasteiger partial charge in [0.1, 0.15) is 0 Å². The van der Waals surface area contributed by atoms with E-state index in [1.807, 2.05) is 0 Å². The second-order valence-corrected chi connectivity index (χ2v) is 3.50. The molecule has 0 bridgehead atoms. The highest BCUT2D eigenvalue weighted by atomic mass is 35.5. The molecule has 1 rings (SSSR count). The third kappa shape index (κ3) is 3.59. The molecule has 0 amide bonds. The van der Waals surface area contributed by atoms with Crippen molar-refractivity contribution in [2.24, 2.45) is 0 Å². The van der Waals surface area contributed by atoms with Crippen LogP contribution < -0.4 is 0 Å². The molecule has 0 radical (unpaired) electrons. The molecule has 0 saturated carbocycles. The first-order chi connectivity index (χ1) is 6.93. The molecule has 0 aliphatic heterocycles. The number of rotatable bonds is 2. The topological polar surface area (TPSA) is 0 Å². The van der Waals surface area contributed by atoms with Crippen LogP contribution in [-0.4, -0.2) is 5.88 Å². The van der Waals surface area contributed by atoms with Gasteiger partial charge in [-0.15, -0.1) is 11.6 Å². The quantitative estimate of drug-likeness (QED) is 0.671. The summed E-state index contributed by atoms with van der Waals surface area (Å²) in [5.41, 5.74) is 0.471. The summed E-state index contributed by atoms with van der Waals surface area (Å²) in [7, 11) is 0. The lowest BCUT2D eigenvalue weighted by Crippen LogP contribution is -2.05. The molecular formula is C11H10ClF3. The Morgan fingerprint density at radius 1 is 1.27 bits per heavy atom. The highest BCUT2D eigenvalue weighted by Crippen LogP contribution is 2.30. The zero-order valence-corrected chi connectivity index (χ0v) is 8.86. The zero-order valence-electron chi connectivity index (χ0n) is 8.11. The van der Waals surface area contributed by atoms with Gasteiger partial charge in [-0.1, -0.05) is 18.2 Å². The van der Waals surface area contributed by atoms with Crippen molar-refractivity contribution >= 4 is 17.7 Å². The molecule has 82 valence electrons. The van der Waals surface area contributed by atoms with E-state index < -0.39 is 11.7 Å². The molecular weight excluding hydrogens is 225 g/mol. The smallest absolute Gasteiger partial charge is 0.166 e. The van der Waals surface area contributed by atoms with Crippen molar-refractivity contribution in [2.45, 2.75) is 13.1 Å². The van der Waals surface area contributed by atoms with Crippen LogP contribution in [0.1, 0.15) is 16.7 Å². The third-order valence-corrected chi connectivity index (χ3v) is 2.00. The Kier molecular flexibility index (Phi) is 3.80. The Morgan fingerprint density at radius 2 is 1.93 bits per heavy atom. The molecule has 0 heterocycles. The van der Waals surface area contributed by atoms with Gasteiger partial charge in [0.15, 0.2) is 0 Å². The molecule has 0 N–H and O–H groups in total. The molecule has 0 spiro atoms. The molecule has 4 heteroatoms. The summed E-state index contributed by atoms with van der Waals surface area (Å²) in [6.45, 7) is 1.63. The first-order valence-corrected chi connectivity index (χ1v) is 4.88. The monoisotopic (exact) mass is 234 g/mol. The molecule has 0 fully saturated rings. The Bertz CT molecular complexity index is 367. The van der Waals surface area contributed by atoms with Crippen LogP contribution in [-0.2, 0) is 6.18 Å². The van der Waals surface area contributed by atoms with E-state index in [2.05, 4.69) is 0 Å². The predicted octanol–water partition coefficient (Wildman–Crippen LogP) is 4.27. The van der Waals surface area contributed by atoms with Crippen LogP contribution in [0.15, 0.2) is 24.3 Å². The number of hydrogen-bond acceptors (Lipinski definition) is 0. The van der Waals surface area contributed by atoms with E-state index in [1.165, 1.54) is 0 Å². The summed E-state index contributed by atoms with van der Waals surface area (Å²) in [6.07, 6.45) is -1.11. The van der Waals surface area contributed by atoms with Crippen molar-refractivity contribution in [2.75, 3.05) is 5.88 Å². The second kappa shape index (κ2) is 4.71. The Balaban J connectivity index is 3.11. The lowest BCUT2D eigenvalue weighted by atomic mass is 10.1. The van der Waals surface area contributed by atoms with Crippen LogP contribution in [0.4, 0.5) is 13.2 Å². The molecule has 0 aromatic heterocycles. The number of alkyl halides is 4. The molecule has 15 heavy (non-hydrogen) atoms. The first-order valence-electron chi connectivity index (χ1n) is 4.35. The number of aryl methyl sites for hydroxylation is 1. The molecule has 1 aromatic rings. The fraction of sp³-hybridized carbons (Fsp3) is 0.273. The normalized spacial score (nSPS) is 12.3. The maximum absolute atomic E-state index is 12.4. The van der Waals surface area contributed by atoms with Gasteiger partial charge in [0, 0.05) is 5.88 Å². The molecule has 0 saturated heterocycles. The third-order valence-electron chi connectivity index (χ3n) is 1.83. The van der Waals surface area contributed by atoms with Crippen LogP contribution in [0.2, 0.25) is 0 Å². The van der Waals surface area contributed by atoms with Gasteiger partial charge in [0.05, 0.1) is 5.56 Å². The number of allylic oxidation sites excluding steroid dienone is 1. The molecule has 0 aliphatic carbocycles. The minimum atomic E-state index is -4.30. The highest BCUT2D eigenvalue weighted by Gasteiger charge is 2.30. The SMILES string of the molecule is Cc1cc(C=CCCl)cc(C(F)(F)F)c1. The maximum atomic E-state index is 12.4. The lowest BCUT2D eigenvalue weighted by molar-refractivity contribution is -0.137. The van der Waals surface area contributed by atoms with Crippen molar-refractivity contribution in [1.29, 1.82) is 0 Å². The Hall–Kier alpha value is -0.960. The predicted molar refractivity (Wildman–Crippen MR) is 55.9 cm³/mol. The molecule has 0 aliphatic rings. The molecule has 1 aromatic carbocycles. The van der Waals surface area contributed by atoms with Crippen molar-refractivity contribution in [3.8, 4) is 0 Å². The van der Waals surface area contributed by atoms with Crippen LogP contribution in [0, 0.1) is 6.92 Å². The van der Waals surface area contributed by atoms with E-state index in [9.17, 15) is 13.2 Å². The summed E-state index contributed by atoms with van der Waals surface area (Å²) >= 11 is 5.41. The number of hydrogen-bond donors (Lipinski definition) is 0. The minimum absolute atomic E-state index is 0.287. The van der Waals surface area contributed by atoms with Gasteiger partial charge in [-0.25, -0.2) is 0 Å². The maximum Gasteiger partial charge on any atom is 0.416 e. The summed E-state index contributed by atoms with van der Waals surface area (Å²) in [5, 5.41) is 0. The average Bonchev–Trinajstić information content (AvgIpc) is 2.12. The highest BCUT2D eigenvalue weighted by molar-refractivity contribution is 6.19. The van der Waals surface area contributed by atoms with Crippen LogP contribution >= 0.6 is 11.6 Å². The van der Waals surface area contributed by atoms with Gasteiger partial charge in [0.2, 0.25) is 0 Å². The van der Waals surface area contributed by atoms with Gasteiger partial charge in [0.25, 0.3) is 0 Å².